The highest BCUT2D eigenvalue weighted by molar-refractivity contribution is 5.95. The first-order valence-corrected chi connectivity index (χ1v) is 7.72. The minimum absolute atomic E-state index is 0.0156. The Bertz CT molecular complexity index is 667. The smallest absolute Gasteiger partial charge is 0.241 e. The molecule has 3 rings (SSSR count). The van der Waals surface area contributed by atoms with Crippen molar-refractivity contribution in [2.75, 3.05) is 11.9 Å². The fourth-order valence-electron chi connectivity index (χ4n) is 2.55. The summed E-state index contributed by atoms with van der Waals surface area (Å²) in [5, 5.41) is 6.07. The molecule has 0 spiro atoms. The van der Waals surface area contributed by atoms with Crippen LogP contribution in [0.4, 0.5) is 10.1 Å². The first-order chi connectivity index (χ1) is 11.2. The van der Waals surface area contributed by atoms with Gasteiger partial charge in [-0.25, -0.2) is 4.39 Å². The number of amides is 1. The molecule has 120 valence electrons. The molecule has 1 amide bonds. The number of anilines is 1. The van der Waals surface area contributed by atoms with Crippen molar-refractivity contribution < 1.29 is 13.9 Å². The molecule has 1 atom stereocenters. The van der Waals surface area contributed by atoms with Crippen LogP contribution in [0.3, 0.4) is 0 Å². The zero-order valence-corrected chi connectivity index (χ0v) is 12.7. The van der Waals surface area contributed by atoms with Crippen LogP contribution in [0.2, 0.25) is 0 Å². The molecule has 0 saturated carbocycles. The molecule has 0 bridgehead atoms. The van der Waals surface area contributed by atoms with Crippen molar-refractivity contribution in [1.82, 2.24) is 5.32 Å². The van der Waals surface area contributed by atoms with Crippen LogP contribution in [0.25, 0.3) is 0 Å². The number of ether oxygens (including phenoxy) is 1. The highest BCUT2D eigenvalue weighted by Crippen LogP contribution is 2.19. The van der Waals surface area contributed by atoms with Crippen LogP contribution >= 0.6 is 0 Å². The van der Waals surface area contributed by atoms with Crippen LogP contribution in [-0.2, 0) is 11.4 Å². The molecule has 5 heteroatoms. The number of hydrogen-bond acceptors (Lipinski definition) is 3. The summed E-state index contributed by atoms with van der Waals surface area (Å²) in [5.74, 6) is 0.378. The van der Waals surface area contributed by atoms with E-state index in [0.29, 0.717) is 18.0 Å². The third-order valence-electron chi connectivity index (χ3n) is 3.80. The molecule has 0 unspecified atom stereocenters. The normalized spacial score (nSPS) is 17.0. The molecule has 2 aromatic carbocycles. The van der Waals surface area contributed by atoms with Crippen molar-refractivity contribution in [3.05, 3.63) is 59.9 Å². The summed E-state index contributed by atoms with van der Waals surface area (Å²) >= 11 is 0. The Morgan fingerprint density at radius 2 is 2.09 bits per heavy atom. The van der Waals surface area contributed by atoms with Crippen LogP contribution in [0.1, 0.15) is 18.4 Å². The average Bonchev–Trinajstić information content (AvgIpc) is 3.09. The van der Waals surface area contributed by atoms with Gasteiger partial charge in [-0.2, -0.15) is 0 Å². The molecular formula is C18H19FN2O2. The molecule has 23 heavy (non-hydrogen) atoms. The lowest BCUT2D eigenvalue weighted by Gasteiger charge is -2.12. The maximum atomic E-state index is 12.9. The topological polar surface area (TPSA) is 50.4 Å². The van der Waals surface area contributed by atoms with Gasteiger partial charge in [0.05, 0.1) is 6.04 Å². The second kappa shape index (κ2) is 7.24. The van der Waals surface area contributed by atoms with E-state index < -0.39 is 0 Å². The van der Waals surface area contributed by atoms with E-state index in [2.05, 4.69) is 10.6 Å². The summed E-state index contributed by atoms with van der Waals surface area (Å²) in [6, 6.07) is 13.4. The fourth-order valence-corrected chi connectivity index (χ4v) is 2.55. The zero-order valence-electron chi connectivity index (χ0n) is 12.7. The third-order valence-corrected chi connectivity index (χ3v) is 3.80. The van der Waals surface area contributed by atoms with E-state index in [1.807, 2.05) is 18.2 Å². The second-order valence-electron chi connectivity index (χ2n) is 5.58. The summed E-state index contributed by atoms with van der Waals surface area (Å²) < 4.78 is 18.6. The zero-order chi connectivity index (χ0) is 16.1. The van der Waals surface area contributed by atoms with Gasteiger partial charge in [-0.3, -0.25) is 4.79 Å². The van der Waals surface area contributed by atoms with Crippen LogP contribution in [0, 0.1) is 5.82 Å². The molecule has 1 aliphatic rings. The molecule has 1 aliphatic heterocycles. The predicted octanol–water partition coefficient (Wildman–Crippen LogP) is 3.10. The largest absolute Gasteiger partial charge is 0.489 e. The Balaban J connectivity index is 1.58. The standard InChI is InChI=1S/C18H19FN2O2/c19-14-8-6-13(7-9-14)12-23-16-4-1-3-15(11-16)21-18(22)17-5-2-10-20-17/h1,3-4,6-9,11,17,20H,2,5,10,12H2,(H,21,22)/t17-/m0/s1. The Hall–Kier alpha value is -2.40. The lowest BCUT2D eigenvalue weighted by Crippen LogP contribution is -2.35. The van der Waals surface area contributed by atoms with E-state index in [-0.39, 0.29) is 17.8 Å². The summed E-state index contributed by atoms with van der Waals surface area (Å²) in [7, 11) is 0. The van der Waals surface area contributed by atoms with Gasteiger partial charge in [0.25, 0.3) is 0 Å². The SMILES string of the molecule is O=C(Nc1cccc(OCc2ccc(F)cc2)c1)[C@@H]1CCCN1. The molecule has 0 aromatic heterocycles. The number of nitrogens with one attached hydrogen (secondary N) is 2. The van der Waals surface area contributed by atoms with Crippen LogP contribution in [0.15, 0.2) is 48.5 Å². The lowest BCUT2D eigenvalue weighted by atomic mass is 10.2. The van der Waals surface area contributed by atoms with Gasteiger partial charge in [0.1, 0.15) is 18.2 Å². The molecule has 1 heterocycles. The van der Waals surface area contributed by atoms with Gasteiger partial charge in [-0.05, 0) is 49.2 Å². The van der Waals surface area contributed by atoms with E-state index in [4.69, 9.17) is 4.74 Å². The minimum Gasteiger partial charge on any atom is -0.489 e. The number of hydrogen-bond donors (Lipinski definition) is 2. The van der Waals surface area contributed by atoms with Crippen LogP contribution < -0.4 is 15.4 Å². The van der Waals surface area contributed by atoms with Crippen LogP contribution in [0.5, 0.6) is 5.75 Å². The first-order valence-electron chi connectivity index (χ1n) is 7.72. The van der Waals surface area contributed by atoms with E-state index >= 15 is 0 Å². The second-order valence-corrected chi connectivity index (χ2v) is 5.58. The Morgan fingerprint density at radius 3 is 2.83 bits per heavy atom. The van der Waals surface area contributed by atoms with Gasteiger partial charge in [0.15, 0.2) is 0 Å². The number of rotatable bonds is 5. The van der Waals surface area contributed by atoms with E-state index in [0.717, 1.165) is 24.9 Å². The summed E-state index contributed by atoms with van der Waals surface area (Å²) in [6.07, 6.45) is 1.89. The molecular weight excluding hydrogens is 295 g/mol. The summed E-state index contributed by atoms with van der Waals surface area (Å²) in [4.78, 5) is 12.1. The number of carbonyl (C=O) groups is 1. The molecule has 2 aromatic rings. The highest BCUT2D eigenvalue weighted by Gasteiger charge is 2.21. The van der Waals surface area contributed by atoms with Crippen molar-refractivity contribution in [2.24, 2.45) is 0 Å². The summed E-state index contributed by atoms with van der Waals surface area (Å²) in [5.41, 5.74) is 1.59. The minimum atomic E-state index is -0.265. The van der Waals surface area contributed by atoms with E-state index in [1.54, 1.807) is 18.2 Å². The van der Waals surface area contributed by atoms with E-state index in [9.17, 15) is 9.18 Å². The number of carbonyl (C=O) groups excluding carboxylic acids is 1. The van der Waals surface area contributed by atoms with Gasteiger partial charge < -0.3 is 15.4 Å². The van der Waals surface area contributed by atoms with Gasteiger partial charge in [-0.1, -0.05) is 18.2 Å². The summed E-state index contributed by atoms with van der Waals surface area (Å²) in [6.45, 7) is 1.24. The molecule has 0 radical (unpaired) electrons. The van der Waals surface area contributed by atoms with Crippen molar-refractivity contribution in [3.63, 3.8) is 0 Å². The van der Waals surface area contributed by atoms with Gasteiger partial charge in [-0.15, -0.1) is 0 Å². The lowest BCUT2D eigenvalue weighted by molar-refractivity contribution is -0.117. The third kappa shape index (κ3) is 4.29. The first kappa shape index (κ1) is 15.5. The van der Waals surface area contributed by atoms with Crippen molar-refractivity contribution in [2.45, 2.75) is 25.5 Å². The maximum Gasteiger partial charge on any atom is 0.241 e. The predicted molar refractivity (Wildman–Crippen MR) is 86.8 cm³/mol. The van der Waals surface area contributed by atoms with Crippen molar-refractivity contribution in [1.29, 1.82) is 0 Å². The van der Waals surface area contributed by atoms with E-state index in [1.165, 1.54) is 12.1 Å². The van der Waals surface area contributed by atoms with Gasteiger partial charge in [0.2, 0.25) is 5.91 Å². The molecule has 2 N–H and O–H groups in total. The van der Waals surface area contributed by atoms with Gasteiger partial charge >= 0.3 is 0 Å². The highest BCUT2D eigenvalue weighted by atomic mass is 19.1. The van der Waals surface area contributed by atoms with Gasteiger partial charge in [0, 0.05) is 11.8 Å². The van der Waals surface area contributed by atoms with Crippen molar-refractivity contribution >= 4 is 11.6 Å². The van der Waals surface area contributed by atoms with Crippen molar-refractivity contribution in [3.8, 4) is 5.75 Å². The number of halogens is 1. The molecule has 0 aliphatic carbocycles. The van der Waals surface area contributed by atoms with Crippen LogP contribution in [-0.4, -0.2) is 18.5 Å². The maximum absolute atomic E-state index is 12.9. The molecule has 1 fully saturated rings. The Morgan fingerprint density at radius 1 is 1.26 bits per heavy atom. The fraction of sp³-hybridized carbons (Fsp3) is 0.278. The number of benzene rings is 2. The monoisotopic (exact) mass is 314 g/mol. The quantitative estimate of drug-likeness (QED) is 0.891. The molecule has 1 saturated heterocycles. The molecule has 4 nitrogen and oxygen atoms in total. The Kier molecular flexibility index (Phi) is 4.88. The average molecular weight is 314 g/mol. The Labute approximate surface area is 134 Å².